The van der Waals surface area contributed by atoms with Crippen LogP contribution in [0.1, 0.15) is 30.0 Å². The van der Waals surface area contributed by atoms with Crippen molar-refractivity contribution in [3.63, 3.8) is 0 Å². The molecule has 2 aromatic heterocycles. The van der Waals surface area contributed by atoms with Gasteiger partial charge in [0, 0.05) is 38.6 Å². The van der Waals surface area contributed by atoms with Crippen LogP contribution in [0.2, 0.25) is 0 Å². The maximum atomic E-state index is 13.2. The average molecular weight is 514 g/mol. The fraction of sp³-hybridized carbons (Fsp3) is 0.310. The van der Waals surface area contributed by atoms with Gasteiger partial charge in [-0.05, 0) is 48.9 Å². The number of rotatable bonds is 5. The van der Waals surface area contributed by atoms with E-state index in [-0.39, 0.29) is 29.7 Å². The number of aromatic nitrogens is 4. The maximum Gasteiger partial charge on any atom is 0.331 e. The van der Waals surface area contributed by atoms with Crippen LogP contribution in [0.3, 0.4) is 0 Å². The van der Waals surface area contributed by atoms with Gasteiger partial charge in [0.05, 0.1) is 11.3 Å². The number of imidazole rings is 1. The summed E-state index contributed by atoms with van der Waals surface area (Å²) in [5, 5.41) is 0. The SMILES string of the molecule is Cc1cccc(-c2cn(CC(=O)N3CCC(n4cc(-c5ccccc5)[nH]c4=O)CC3)c(=O)n(C)c2=O)c1C. The molecule has 9 heteroatoms. The first-order valence-corrected chi connectivity index (χ1v) is 12.8. The third-order valence-corrected chi connectivity index (χ3v) is 7.59. The smallest absolute Gasteiger partial charge is 0.331 e. The van der Waals surface area contributed by atoms with Crippen molar-refractivity contribution in [3.05, 3.63) is 103 Å². The molecule has 9 nitrogen and oxygen atoms in total. The van der Waals surface area contributed by atoms with Crippen molar-refractivity contribution in [2.24, 2.45) is 7.05 Å². The summed E-state index contributed by atoms with van der Waals surface area (Å²) in [5.74, 6) is -0.192. The van der Waals surface area contributed by atoms with Gasteiger partial charge in [-0.3, -0.25) is 23.3 Å². The highest BCUT2D eigenvalue weighted by Crippen LogP contribution is 2.25. The van der Waals surface area contributed by atoms with Crippen molar-refractivity contribution in [1.82, 2.24) is 23.6 Å². The zero-order valence-electron chi connectivity index (χ0n) is 21.8. The summed E-state index contributed by atoms with van der Waals surface area (Å²) in [6, 6.07) is 15.4. The van der Waals surface area contributed by atoms with Crippen LogP contribution >= 0.6 is 0 Å². The molecule has 1 aliphatic rings. The Morgan fingerprint density at radius 3 is 2.34 bits per heavy atom. The van der Waals surface area contributed by atoms with Gasteiger partial charge >= 0.3 is 11.4 Å². The molecule has 0 atom stereocenters. The Morgan fingerprint density at radius 1 is 0.921 bits per heavy atom. The molecule has 4 aromatic rings. The molecular formula is C29H31N5O4. The summed E-state index contributed by atoms with van der Waals surface area (Å²) < 4.78 is 4.09. The van der Waals surface area contributed by atoms with E-state index in [1.807, 2.05) is 68.6 Å². The lowest BCUT2D eigenvalue weighted by molar-refractivity contribution is -0.133. The lowest BCUT2D eigenvalue weighted by atomic mass is 9.99. The van der Waals surface area contributed by atoms with E-state index in [0.29, 0.717) is 31.5 Å². The molecule has 2 aromatic carbocycles. The predicted octanol–water partition coefficient (Wildman–Crippen LogP) is 2.85. The van der Waals surface area contributed by atoms with E-state index in [0.717, 1.165) is 32.5 Å². The van der Waals surface area contributed by atoms with Gasteiger partial charge in [0.2, 0.25) is 5.91 Å². The quantitative estimate of drug-likeness (QED) is 0.443. The van der Waals surface area contributed by atoms with E-state index in [9.17, 15) is 19.2 Å². The average Bonchev–Trinajstić information content (AvgIpc) is 3.33. The number of likely N-dealkylation sites (tertiary alicyclic amines) is 1. The first-order valence-electron chi connectivity index (χ1n) is 12.8. The fourth-order valence-corrected chi connectivity index (χ4v) is 5.15. The molecule has 1 aliphatic heterocycles. The molecule has 1 saturated heterocycles. The molecule has 1 fully saturated rings. The zero-order chi connectivity index (χ0) is 27.0. The molecule has 0 spiro atoms. The van der Waals surface area contributed by atoms with Crippen molar-refractivity contribution < 1.29 is 4.79 Å². The van der Waals surface area contributed by atoms with Crippen molar-refractivity contribution in [3.8, 4) is 22.4 Å². The summed E-state index contributed by atoms with van der Waals surface area (Å²) in [5.41, 5.74) is 3.77. The fourth-order valence-electron chi connectivity index (χ4n) is 5.15. The first-order chi connectivity index (χ1) is 18.2. The van der Waals surface area contributed by atoms with E-state index in [1.165, 1.54) is 17.8 Å². The van der Waals surface area contributed by atoms with Crippen molar-refractivity contribution in [2.75, 3.05) is 13.1 Å². The molecule has 38 heavy (non-hydrogen) atoms. The van der Waals surface area contributed by atoms with Crippen LogP contribution in [0.25, 0.3) is 22.4 Å². The van der Waals surface area contributed by atoms with Gasteiger partial charge in [-0.1, -0.05) is 48.5 Å². The zero-order valence-corrected chi connectivity index (χ0v) is 21.8. The highest BCUT2D eigenvalue weighted by Gasteiger charge is 2.26. The Bertz CT molecular complexity index is 1670. The van der Waals surface area contributed by atoms with Crippen molar-refractivity contribution in [1.29, 1.82) is 0 Å². The molecule has 0 radical (unpaired) electrons. The number of carbonyl (C=O) groups excluding carboxylic acids is 1. The van der Waals surface area contributed by atoms with Gasteiger partial charge < -0.3 is 9.88 Å². The number of hydrogen-bond donors (Lipinski definition) is 1. The number of nitrogens with one attached hydrogen (secondary N) is 1. The molecule has 196 valence electrons. The van der Waals surface area contributed by atoms with E-state index in [4.69, 9.17) is 0 Å². The monoisotopic (exact) mass is 513 g/mol. The molecule has 3 heterocycles. The summed E-state index contributed by atoms with van der Waals surface area (Å²) in [4.78, 5) is 56.2. The number of amides is 1. The van der Waals surface area contributed by atoms with E-state index < -0.39 is 5.69 Å². The number of benzene rings is 2. The van der Waals surface area contributed by atoms with Gasteiger partial charge in [-0.2, -0.15) is 0 Å². The molecule has 5 rings (SSSR count). The van der Waals surface area contributed by atoms with Crippen LogP contribution in [0.15, 0.2) is 75.3 Å². The van der Waals surface area contributed by atoms with Gasteiger partial charge in [0.1, 0.15) is 6.54 Å². The lowest BCUT2D eigenvalue weighted by Crippen LogP contribution is -2.45. The molecule has 1 amide bonds. The normalized spacial score (nSPS) is 14.1. The molecule has 0 unspecified atom stereocenters. The molecule has 1 N–H and O–H groups in total. The standard InChI is InChI=1S/C29H31N5O4/c1-19-8-7-11-23(20(19)2)24-16-33(29(38)31(3)27(24)36)18-26(35)32-14-12-22(13-15-32)34-17-25(30-28(34)37)21-9-5-4-6-10-21/h4-11,16-17,22H,12-15,18H2,1-3H3,(H,30,37). The minimum atomic E-state index is -0.528. The number of carbonyl (C=O) groups is 1. The largest absolute Gasteiger partial charge is 0.341 e. The minimum Gasteiger partial charge on any atom is -0.341 e. The van der Waals surface area contributed by atoms with Gasteiger partial charge in [-0.25, -0.2) is 9.59 Å². The first kappa shape index (κ1) is 25.3. The summed E-state index contributed by atoms with van der Waals surface area (Å²) >= 11 is 0. The van der Waals surface area contributed by atoms with Gasteiger partial charge in [0.15, 0.2) is 0 Å². The van der Waals surface area contributed by atoms with Crippen molar-refractivity contribution in [2.45, 2.75) is 39.3 Å². The number of nitrogens with zero attached hydrogens (tertiary/aromatic N) is 4. The van der Waals surface area contributed by atoms with Gasteiger partial charge in [0.25, 0.3) is 5.56 Å². The second-order valence-corrected chi connectivity index (χ2v) is 9.92. The predicted molar refractivity (Wildman–Crippen MR) is 146 cm³/mol. The Hall–Kier alpha value is -4.40. The van der Waals surface area contributed by atoms with E-state index in [1.54, 1.807) is 9.47 Å². The summed E-state index contributed by atoms with van der Waals surface area (Å²) in [7, 11) is 1.43. The molecule has 0 saturated carbocycles. The number of hydrogen-bond acceptors (Lipinski definition) is 4. The van der Waals surface area contributed by atoms with Crippen LogP contribution in [0.4, 0.5) is 0 Å². The van der Waals surface area contributed by atoms with Crippen LogP contribution in [0, 0.1) is 13.8 Å². The van der Waals surface area contributed by atoms with Crippen molar-refractivity contribution >= 4 is 5.91 Å². The lowest BCUT2D eigenvalue weighted by Gasteiger charge is -2.32. The van der Waals surface area contributed by atoms with E-state index in [2.05, 4.69) is 4.98 Å². The van der Waals surface area contributed by atoms with Crippen LogP contribution in [-0.4, -0.2) is 42.6 Å². The van der Waals surface area contributed by atoms with Crippen LogP contribution in [0.5, 0.6) is 0 Å². The molecular weight excluding hydrogens is 482 g/mol. The highest BCUT2D eigenvalue weighted by molar-refractivity contribution is 5.76. The molecule has 0 aliphatic carbocycles. The second kappa shape index (κ2) is 10.2. The Balaban J connectivity index is 1.32. The van der Waals surface area contributed by atoms with Gasteiger partial charge in [-0.15, -0.1) is 0 Å². The number of H-pyrrole nitrogens is 1. The Kier molecular flexibility index (Phi) is 6.75. The molecule has 0 bridgehead atoms. The summed E-state index contributed by atoms with van der Waals surface area (Å²) in [6.45, 7) is 4.71. The maximum absolute atomic E-state index is 13.2. The second-order valence-electron chi connectivity index (χ2n) is 9.92. The minimum absolute atomic E-state index is 0.0172. The Morgan fingerprint density at radius 2 is 1.63 bits per heavy atom. The third kappa shape index (κ3) is 4.67. The van der Waals surface area contributed by atoms with E-state index >= 15 is 0 Å². The number of piperidine rings is 1. The summed E-state index contributed by atoms with van der Waals surface area (Å²) in [6.07, 6.45) is 4.61. The van der Waals surface area contributed by atoms with Crippen LogP contribution < -0.4 is 16.9 Å². The Labute approximate surface area is 219 Å². The number of aromatic amines is 1. The number of aryl methyl sites for hydroxylation is 1. The highest BCUT2D eigenvalue weighted by atomic mass is 16.2. The third-order valence-electron chi connectivity index (χ3n) is 7.59. The van der Waals surface area contributed by atoms with Crippen LogP contribution in [-0.2, 0) is 18.4 Å². The topological polar surface area (TPSA) is 102 Å².